The fourth-order valence-electron chi connectivity index (χ4n) is 2.64. The Labute approximate surface area is 150 Å². The highest BCUT2D eigenvalue weighted by molar-refractivity contribution is 5.98. The summed E-state index contributed by atoms with van der Waals surface area (Å²) in [6.07, 6.45) is 0. The molecule has 0 atom stereocenters. The summed E-state index contributed by atoms with van der Waals surface area (Å²) in [6.45, 7) is 3.23. The van der Waals surface area contributed by atoms with Crippen molar-refractivity contribution in [3.8, 4) is 17.2 Å². The summed E-state index contributed by atoms with van der Waals surface area (Å²) >= 11 is 0. The van der Waals surface area contributed by atoms with Gasteiger partial charge in [0.15, 0.2) is 17.3 Å². The van der Waals surface area contributed by atoms with Gasteiger partial charge < -0.3 is 18.6 Å². The second-order valence-electron chi connectivity index (χ2n) is 5.73. The van der Waals surface area contributed by atoms with E-state index in [0.29, 0.717) is 28.2 Å². The smallest absolute Gasteiger partial charge is 0.380 e. The number of hydrogen-bond donors (Lipinski definition) is 0. The first-order valence-electron chi connectivity index (χ1n) is 7.93. The molecule has 1 heterocycles. The van der Waals surface area contributed by atoms with Crippen molar-refractivity contribution in [2.24, 2.45) is 0 Å². The van der Waals surface area contributed by atoms with Crippen molar-refractivity contribution in [3.63, 3.8) is 0 Å². The number of aryl methyl sites for hydroxylation is 1. The largest absolute Gasteiger partial charge is 0.497 e. The molecule has 0 aliphatic rings. The first kappa shape index (κ1) is 17.5. The maximum absolute atomic E-state index is 12.6. The number of carbonyl (C=O) groups is 2. The van der Waals surface area contributed by atoms with Gasteiger partial charge in [0.05, 0.1) is 14.2 Å². The summed E-state index contributed by atoms with van der Waals surface area (Å²) in [5, 5.41) is 0.773. The van der Waals surface area contributed by atoms with Crippen molar-refractivity contribution < 1.29 is 28.2 Å². The number of fused-ring (bicyclic) bond motifs is 1. The van der Waals surface area contributed by atoms with Crippen LogP contribution in [0, 0.1) is 6.92 Å². The van der Waals surface area contributed by atoms with Crippen LogP contribution in [0.25, 0.3) is 11.0 Å². The molecule has 3 aromatic rings. The van der Waals surface area contributed by atoms with E-state index in [1.165, 1.54) is 26.2 Å². The molecule has 2 aromatic carbocycles. The Balaban J connectivity index is 1.94. The Morgan fingerprint density at radius 1 is 0.962 bits per heavy atom. The summed E-state index contributed by atoms with van der Waals surface area (Å²) in [5.41, 5.74) is 1.69. The highest BCUT2D eigenvalue weighted by Gasteiger charge is 2.22. The highest BCUT2D eigenvalue weighted by atomic mass is 16.6. The van der Waals surface area contributed by atoms with Gasteiger partial charge in [-0.3, -0.25) is 4.79 Å². The van der Waals surface area contributed by atoms with Crippen LogP contribution in [0.4, 0.5) is 0 Å². The van der Waals surface area contributed by atoms with Gasteiger partial charge in [0.2, 0.25) is 5.76 Å². The predicted molar refractivity (Wildman–Crippen MR) is 95.5 cm³/mol. The van der Waals surface area contributed by atoms with Crippen molar-refractivity contribution >= 4 is 22.7 Å². The van der Waals surface area contributed by atoms with Crippen LogP contribution in [0.1, 0.15) is 33.4 Å². The molecule has 26 heavy (non-hydrogen) atoms. The van der Waals surface area contributed by atoms with Crippen molar-refractivity contribution in [1.29, 1.82) is 0 Å². The number of ketones is 1. The number of ether oxygens (including phenoxy) is 3. The maximum Gasteiger partial charge on any atom is 0.380 e. The third kappa shape index (κ3) is 3.13. The molecule has 0 fully saturated rings. The fourth-order valence-corrected chi connectivity index (χ4v) is 2.64. The highest BCUT2D eigenvalue weighted by Crippen LogP contribution is 2.32. The topological polar surface area (TPSA) is 75.0 Å². The number of Topliss-reactive ketones (excluding diaryl/α,β-unsaturated/α-hetero) is 1. The van der Waals surface area contributed by atoms with E-state index >= 15 is 0 Å². The molecule has 0 amide bonds. The van der Waals surface area contributed by atoms with Crippen LogP contribution >= 0.6 is 0 Å². The molecule has 0 saturated heterocycles. The summed E-state index contributed by atoms with van der Waals surface area (Å²) in [5.74, 6) is 0.518. The van der Waals surface area contributed by atoms with Crippen molar-refractivity contribution in [2.45, 2.75) is 13.8 Å². The van der Waals surface area contributed by atoms with E-state index in [2.05, 4.69) is 0 Å². The zero-order valence-corrected chi connectivity index (χ0v) is 14.9. The number of methoxy groups -OCH3 is 2. The molecular formula is C20H18O6. The number of hydrogen-bond acceptors (Lipinski definition) is 6. The average molecular weight is 354 g/mol. The van der Waals surface area contributed by atoms with Crippen LogP contribution in [0.5, 0.6) is 17.2 Å². The molecule has 0 spiro atoms. The second-order valence-corrected chi connectivity index (χ2v) is 5.73. The van der Waals surface area contributed by atoms with E-state index < -0.39 is 5.97 Å². The van der Waals surface area contributed by atoms with Crippen LogP contribution < -0.4 is 14.2 Å². The van der Waals surface area contributed by atoms with Crippen LogP contribution in [-0.2, 0) is 0 Å². The lowest BCUT2D eigenvalue weighted by molar-refractivity contribution is 0.0698. The number of carbonyl (C=O) groups excluding carboxylic acids is 2. The number of rotatable bonds is 5. The Morgan fingerprint density at radius 2 is 1.73 bits per heavy atom. The maximum atomic E-state index is 12.6. The summed E-state index contributed by atoms with van der Waals surface area (Å²) in [4.78, 5) is 24.1. The molecule has 6 nitrogen and oxygen atoms in total. The van der Waals surface area contributed by atoms with Gasteiger partial charge >= 0.3 is 5.97 Å². The SMILES string of the molecule is COc1ccc2oc(C(=O)Oc3ccc(C(C)=O)cc3OC)c(C)c2c1. The lowest BCUT2D eigenvalue weighted by Gasteiger charge is -2.09. The molecule has 0 radical (unpaired) electrons. The molecule has 6 heteroatoms. The van der Waals surface area contributed by atoms with E-state index in [9.17, 15) is 9.59 Å². The Hall–Kier alpha value is -3.28. The van der Waals surface area contributed by atoms with E-state index in [1.54, 1.807) is 38.3 Å². The van der Waals surface area contributed by atoms with Gasteiger partial charge in [-0.2, -0.15) is 0 Å². The minimum Gasteiger partial charge on any atom is -0.497 e. The lowest BCUT2D eigenvalue weighted by atomic mass is 10.1. The van der Waals surface area contributed by atoms with Crippen LogP contribution in [0.15, 0.2) is 40.8 Å². The Kier molecular flexibility index (Phi) is 4.67. The van der Waals surface area contributed by atoms with Gasteiger partial charge in [-0.25, -0.2) is 4.79 Å². The van der Waals surface area contributed by atoms with Gasteiger partial charge in [-0.15, -0.1) is 0 Å². The number of benzene rings is 2. The molecule has 0 aliphatic heterocycles. The molecule has 3 rings (SSSR count). The van der Waals surface area contributed by atoms with Gasteiger partial charge in [0.25, 0.3) is 0 Å². The van der Waals surface area contributed by atoms with Gasteiger partial charge in [-0.1, -0.05) is 0 Å². The molecule has 1 aromatic heterocycles. The fraction of sp³-hybridized carbons (Fsp3) is 0.200. The number of furan rings is 1. The monoisotopic (exact) mass is 354 g/mol. The van der Waals surface area contributed by atoms with Crippen molar-refractivity contribution in [1.82, 2.24) is 0 Å². The van der Waals surface area contributed by atoms with Crippen molar-refractivity contribution in [3.05, 3.63) is 53.3 Å². The number of esters is 1. The molecule has 0 saturated carbocycles. The summed E-state index contributed by atoms with van der Waals surface area (Å²) in [7, 11) is 3.01. The van der Waals surface area contributed by atoms with E-state index in [0.717, 1.165) is 5.39 Å². The quantitative estimate of drug-likeness (QED) is 0.389. The zero-order valence-electron chi connectivity index (χ0n) is 14.9. The third-order valence-corrected chi connectivity index (χ3v) is 4.10. The molecule has 0 N–H and O–H groups in total. The normalized spacial score (nSPS) is 10.6. The lowest BCUT2D eigenvalue weighted by Crippen LogP contribution is -2.10. The predicted octanol–water partition coefficient (Wildman–Crippen LogP) is 4.18. The molecular weight excluding hydrogens is 336 g/mol. The Bertz CT molecular complexity index is 999. The molecule has 0 bridgehead atoms. The van der Waals surface area contributed by atoms with Crippen LogP contribution in [-0.4, -0.2) is 26.0 Å². The van der Waals surface area contributed by atoms with E-state index in [-0.39, 0.29) is 17.3 Å². The van der Waals surface area contributed by atoms with Gasteiger partial charge in [0.1, 0.15) is 11.3 Å². The van der Waals surface area contributed by atoms with Crippen LogP contribution in [0.2, 0.25) is 0 Å². The Morgan fingerprint density at radius 3 is 2.38 bits per heavy atom. The minimum atomic E-state index is -0.647. The second kappa shape index (κ2) is 6.92. The first-order valence-corrected chi connectivity index (χ1v) is 7.93. The zero-order chi connectivity index (χ0) is 18.8. The van der Waals surface area contributed by atoms with Crippen molar-refractivity contribution in [2.75, 3.05) is 14.2 Å². The van der Waals surface area contributed by atoms with Crippen LogP contribution in [0.3, 0.4) is 0 Å². The van der Waals surface area contributed by atoms with E-state index in [1.807, 2.05) is 0 Å². The molecule has 0 aliphatic carbocycles. The third-order valence-electron chi connectivity index (χ3n) is 4.10. The standard InChI is InChI=1S/C20H18O6/c1-11-15-10-14(23-3)6-8-16(15)25-19(11)20(22)26-17-7-5-13(12(2)21)9-18(17)24-4/h5-10H,1-4H3. The van der Waals surface area contributed by atoms with Gasteiger partial charge in [0, 0.05) is 16.5 Å². The molecule has 0 unspecified atom stereocenters. The first-order chi connectivity index (χ1) is 12.4. The van der Waals surface area contributed by atoms with E-state index in [4.69, 9.17) is 18.6 Å². The average Bonchev–Trinajstić information content (AvgIpc) is 2.98. The minimum absolute atomic E-state index is 0.103. The van der Waals surface area contributed by atoms with Gasteiger partial charge in [-0.05, 0) is 50.2 Å². The summed E-state index contributed by atoms with van der Waals surface area (Å²) < 4.78 is 21.5. The molecule has 134 valence electrons. The summed E-state index contributed by atoms with van der Waals surface area (Å²) in [6, 6.07) is 9.91.